The Labute approximate surface area is 132 Å². The monoisotopic (exact) mass is 395 g/mol. The largest absolute Gasteiger partial charge is 0.506 e. The lowest BCUT2D eigenvalue weighted by Gasteiger charge is -2.02. The van der Waals surface area contributed by atoms with Crippen molar-refractivity contribution >= 4 is 43.0 Å². The highest BCUT2D eigenvalue weighted by Gasteiger charge is 2.13. The zero-order chi connectivity index (χ0) is 14.3. The molecule has 2 aromatic carbocycles. The van der Waals surface area contributed by atoms with Gasteiger partial charge < -0.3 is 9.52 Å². The first-order valence-corrected chi connectivity index (χ1v) is 7.75. The summed E-state index contributed by atoms with van der Waals surface area (Å²) in [5.74, 6) is 0.702. The standard InChI is InChI=1S/C15H11Br2NO2/c1-2-8-3-4-13-12(5-8)18-15(20-13)9-6-10(16)14(19)11(17)7-9/h3-7,19H,2H2,1H3. The lowest BCUT2D eigenvalue weighted by molar-refractivity contribution is 0.468. The highest BCUT2D eigenvalue weighted by atomic mass is 79.9. The molecule has 0 unspecified atom stereocenters. The number of nitrogens with zero attached hydrogens (tertiary/aromatic N) is 1. The number of phenols is 1. The third-order valence-electron chi connectivity index (χ3n) is 3.12. The van der Waals surface area contributed by atoms with Crippen molar-refractivity contribution in [1.82, 2.24) is 4.98 Å². The van der Waals surface area contributed by atoms with E-state index in [1.165, 1.54) is 5.56 Å². The Morgan fingerprint density at radius 2 is 1.85 bits per heavy atom. The Bertz CT molecular complexity index is 773. The van der Waals surface area contributed by atoms with Gasteiger partial charge in [-0.2, -0.15) is 0 Å². The van der Waals surface area contributed by atoms with E-state index in [1.807, 2.05) is 18.2 Å². The van der Waals surface area contributed by atoms with Gasteiger partial charge in [0, 0.05) is 5.56 Å². The van der Waals surface area contributed by atoms with Crippen LogP contribution in [0.4, 0.5) is 0 Å². The Kier molecular flexibility index (Phi) is 3.56. The molecule has 0 aliphatic heterocycles. The number of aryl methyl sites for hydroxylation is 1. The van der Waals surface area contributed by atoms with Crippen LogP contribution >= 0.6 is 31.9 Å². The molecule has 0 saturated carbocycles. The fourth-order valence-electron chi connectivity index (χ4n) is 2.01. The lowest BCUT2D eigenvalue weighted by atomic mass is 10.1. The highest BCUT2D eigenvalue weighted by molar-refractivity contribution is 9.11. The van der Waals surface area contributed by atoms with Crippen LogP contribution in [0.3, 0.4) is 0 Å². The summed E-state index contributed by atoms with van der Waals surface area (Å²) in [4.78, 5) is 4.51. The van der Waals surface area contributed by atoms with Gasteiger partial charge in [-0.1, -0.05) is 13.0 Å². The summed E-state index contributed by atoms with van der Waals surface area (Å²) in [5, 5.41) is 9.74. The van der Waals surface area contributed by atoms with Crippen LogP contribution in [0.5, 0.6) is 5.75 Å². The van der Waals surface area contributed by atoms with Crippen LogP contribution < -0.4 is 0 Å². The van der Waals surface area contributed by atoms with Gasteiger partial charge in [-0.05, 0) is 68.1 Å². The first-order valence-electron chi connectivity index (χ1n) is 6.16. The molecule has 1 N–H and O–H groups in total. The molecule has 0 aliphatic rings. The minimum Gasteiger partial charge on any atom is -0.506 e. The number of aromatic hydroxyl groups is 1. The van der Waals surface area contributed by atoms with Gasteiger partial charge in [-0.25, -0.2) is 4.98 Å². The van der Waals surface area contributed by atoms with E-state index in [0.29, 0.717) is 14.8 Å². The van der Waals surface area contributed by atoms with Crippen LogP contribution in [-0.4, -0.2) is 10.1 Å². The maximum absolute atomic E-state index is 9.74. The minimum absolute atomic E-state index is 0.165. The summed E-state index contributed by atoms with van der Waals surface area (Å²) in [7, 11) is 0. The number of hydrogen-bond donors (Lipinski definition) is 1. The SMILES string of the molecule is CCc1ccc2oc(-c3cc(Br)c(O)c(Br)c3)nc2c1. The summed E-state index contributed by atoms with van der Waals surface area (Å²) >= 11 is 6.62. The van der Waals surface area contributed by atoms with Crippen LogP contribution in [0.1, 0.15) is 12.5 Å². The highest BCUT2D eigenvalue weighted by Crippen LogP contribution is 2.37. The Morgan fingerprint density at radius 1 is 1.15 bits per heavy atom. The maximum Gasteiger partial charge on any atom is 0.227 e. The number of halogens is 2. The molecule has 0 radical (unpaired) electrons. The van der Waals surface area contributed by atoms with Crippen molar-refractivity contribution in [2.75, 3.05) is 0 Å². The Morgan fingerprint density at radius 3 is 2.50 bits per heavy atom. The average molecular weight is 397 g/mol. The molecule has 3 aromatic rings. The zero-order valence-electron chi connectivity index (χ0n) is 10.7. The molecule has 1 heterocycles. The second-order valence-corrected chi connectivity index (χ2v) is 6.17. The molecular weight excluding hydrogens is 386 g/mol. The molecular formula is C15H11Br2NO2. The van der Waals surface area contributed by atoms with Crippen molar-refractivity contribution < 1.29 is 9.52 Å². The molecule has 0 fully saturated rings. The van der Waals surface area contributed by atoms with Crippen molar-refractivity contribution in [3.8, 4) is 17.2 Å². The van der Waals surface area contributed by atoms with Gasteiger partial charge in [0.2, 0.25) is 5.89 Å². The quantitative estimate of drug-likeness (QED) is 0.640. The minimum atomic E-state index is 0.165. The third-order valence-corrected chi connectivity index (χ3v) is 4.33. The Balaban J connectivity index is 2.14. The molecule has 102 valence electrons. The van der Waals surface area contributed by atoms with Gasteiger partial charge in [0.1, 0.15) is 11.3 Å². The molecule has 0 amide bonds. The fraction of sp³-hybridized carbons (Fsp3) is 0.133. The molecule has 0 atom stereocenters. The van der Waals surface area contributed by atoms with E-state index in [2.05, 4.69) is 43.8 Å². The number of oxazole rings is 1. The fourth-order valence-corrected chi connectivity index (χ4v) is 3.19. The zero-order valence-corrected chi connectivity index (χ0v) is 13.8. The van der Waals surface area contributed by atoms with Gasteiger partial charge in [0.25, 0.3) is 0 Å². The van der Waals surface area contributed by atoms with Crippen LogP contribution in [0.2, 0.25) is 0 Å². The van der Waals surface area contributed by atoms with Crippen LogP contribution in [0, 0.1) is 0 Å². The predicted octanol–water partition coefficient (Wildman–Crippen LogP) is 5.29. The normalized spacial score (nSPS) is 11.2. The molecule has 0 spiro atoms. The van der Waals surface area contributed by atoms with Crippen LogP contribution in [-0.2, 0) is 6.42 Å². The van der Waals surface area contributed by atoms with E-state index in [0.717, 1.165) is 23.1 Å². The molecule has 0 bridgehead atoms. The third kappa shape index (κ3) is 2.36. The van der Waals surface area contributed by atoms with Crippen molar-refractivity contribution in [2.45, 2.75) is 13.3 Å². The van der Waals surface area contributed by atoms with Gasteiger partial charge in [0.15, 0.2) is 5.58 Å². The predicted molar refractivity (Wildman–Crippen MR) is 85.9 cm³/mol. The van der Waals surface area contributed by atoms with Crippen molar-refractivity contribution in [3.05, 3.63) is 44.8 Å². The Hall–Kier alpha value is -1.33. The number of phenolic OH excluding ortho intramolecular Hbond substituents is 1. The number of rotatable bonds is 2. The van der Waals surface area contributed by atoms with Gasteiger partial charge >= 0.3 is 0 Å². The second kappa shape index (κ2) is 5.22. The first-order chi connectivity index (χ1) is 9.58. The smallest absolute Gasteiger partial charge is 0.227 e. The molecule has 3 nitrogen and oxygen atoms in total. The van der Waals surface area contributed by atoms with Crippen LogP contribution in [0.15, 0.2) is 43.7 Å². The summed E-state index contributed by atoms with van der Waals surface area (Å²) in [5.41, 5.74) is 3.64. The van der Waals surface area contributed by atoms with E-state index in [4.69, 9.17) is 4.42 Å². The van der Waals surface area contributed by atoms with Gasteiger partial charge in [-0.15, -0.1) is 0 Å². The van der Waals surface area contributed by atoms with E-state index < -0.39 is 0 Å². The van der Waals surface area contributed by atoms with Crippen molar-refractivity contribution in [2.24, 2.45) is 0 Å². The summed E-state index contributed by atoms with van der Waals surface area (Å²) in [6.07, 6.45) is 0.967. The van der Waals surface area contributed by atoms with E-state index >= 15 is 0 Å². The molecule has 3 rings (SSSR count). The molecule has 1 aromatic heterocycles. The number of aromatic nitrogens is 1. The lowest BCUT2D eigenvalue weighted by Crippen LogP contribution is -1.80. The van der Waals surface area contributed by atoms with Gasteiger partial charge in [-0.3, -0.25) is 0 Å². The summed E-state index contributed by atoms with van der Waals surface area (Å²) in [6, 6.07) is 9.58. The maximum atomic E-state index is 9.74. The molecule has 20 heavy (non-hydrogen) atoms. The van der Waals surface area contributed by atoms with Crippen molar-refractivity contribution in [3.63, 3.8) is 0 Å². The molecule has 0 saturated heterocycles. The molecule has 0 aliphatic carbocycles. The number of benzene rings is 2. The first kappa shape index (κ1) is 13.6. The van der Waals surface area contributed by atoms with E-state index in [-0.39, 0.29) is 5.75 Å². The summed E-state index contributed by atoms with van der Waals surface area (Å²) in [6.45, 7) is 2.11. The topological polar surface area (TPSA) is 46.3 Å². The second-order valence-electron chi connectivity index (χ2n) is 4.46. The number of hydrogen-bond acceptors (Lipinski definition) is 3. The van der Waals surface area contributed by atoms with Gasteiger partial charge in [0.05, 0.1) is 8.95 Å². The average Bonchev–Trinajstić information content (AvgIpc) is 2.86. The van der Waals surface area contributed by atoms with Crippen molar-refractivity contribution in [1.29, 1.82) is 0 Å². The van der Waals surface area contributed by atoms with E-state index in [9.17, 15) is 5.11 Å². The van der Waals surface area contributed by atoms with E-state index in [1.54, 1.807) is 12.1 Å². The van der Waals surface area contributed by atoms with Crippen LogP contribution in [0.25, 0.3) is 22.6 Å². The summed E-state index contributed by atoms with van der Waals surface area (Å²) < 4.78 is 6.96. The molecule has 5 heteroatoms. The number of fused-ring (bicyclic) bond motifs is 1.